The largest absolute Gasteiger partial charge is 0.242 e. The van der Waals surface area contributed by atoms with Crippen molar-refractivity contribution in [1.82, 2.24) is 4.31 Å². The third-order valence-corrected chi connectivity index (χ3v) is 4.76. The van der Waals surface area contributed by atoms with Crippen molar-refractivity contribution >= 4 is 21.6 Å². The van der Waals surface area contributed by atoms with Gasteiger partial charge in [0.25, 0.3) is 0 Å². The molecule has 0 fully saturated rings. The highest BCUT2D eigenvalue weighted by Crippen LogP contribution is 2.22. The number of nitriles is 1. The fourth-order valence-corrected chi connectivity index (χ4v) is 2.95. The van der Waals surface area contributed by atoms with Gasteiger partial charge < -0.3 is 0 Å². The molecule has 0 aliphatic carbocycles. The van der Waals surface area contributed by atoms with Gasteiger partial charge in [0, 0.05) is 13.6 Å². The monoisotopic (exact) mass is 286 g/mol. The van der Waals surface area contributed by atoms with E-state index in [1.807, 2.05) is 13.0 Å². The number of sulfonamides is 1. The fraction of sp³-hybridized carbons (Fsp3) is 0.417. The van der Waals surface area contributed by atoms with Gasteiger partial charge in [-0.3, -0.25) is 0 Å². The smallest absolute Gasteiger partial charge is 0.207 e. The van der Waals surface area contributed by atoms with Crippen molar-refractivity contribution in [3.63, 3.8) is 0 Å². The maximum atomic E-state index is 12.2. The van der Waals surface area contributed by atoms with Crippen molar-refractivity contribution in [1.29, 1.82) is 5.26 Å². The molecule has 0 bridgehead atoms. The molecule has 0 aliphatic heterocycles. The zero-order valence-corrected chi connectivity index (χ0v) is 11.9. The minimum absolute atomic E-state index is 0.116. The van der Waals surface area contributed by atoms with Crippen LogP contribution in [0.4, 0.5) is 0 Å². The molecule has 0 saturated heterocycles. The first-order valence-electron chi connectivity index (χ1n) is 5.59. The van der Waals surface area contributed by atoms with Gasteiger partial charge in [0.15, 0.2) is 0 Å². The van der Waals surface area contributed by atoms with Crippen LogP contribution < -0.4 is 0 Å². The van der Waals surface area contributed by atoms with Gasteiger partial charge in [0.2, 0.25) is 10.0 Å². The Labute approximate surface area is 113 Å². The summed E-state index contributed by atoms with van der Waals surface area (Å²) >= 11 is 5.84. The van der Waals surface area contributed by atoms with E-state index in [0.29, 0.717) is 6.54 Å². The summed E-state index contributed by atoms with van der Waals surface area (Å²) in [7, 11) is -1.98. The summed E-state index contributed by atoms with van der Waals surface area (Å²) < 4.78 is 25.6. The summed E-state index contributed by atoms with van der Waals surface area (Å²) in [5, 5.41) is 8.90. The summed E-state index contributed by atoms with van der Waals surface area (Å²) in [6, 6.07) is 6.04. The Balaban J connectivity index is 3.06. The molecule has 0 radical (unpaired) electrons. The number of unbranched alkanes of at least 4 members (excludes halogenated alkanes) is 1. The molecule has 0 heterocycles. The number of nitrogens with zero attached hydrogens (tertiary/aromatic N) is 2. The molecule has 0 spiro atoms. The standard InChI is InChI=1S/C12H15ClN2O2S/c1-3-4-7-15(2)18(16,17)11-6-5-10(9-14)12(13)8-11/h5-6,8H,3-4,7H2,1-2H3. The first-order valence-corrected chi connectivity index (χ1v) is 7.41. The highest BCUT2D eigenvalue weighted by atomic mass is 35.5. The van der Waals surface area contributed by atoms with Crippen LogP contribution in [0.15, 0.2) is 23.1 Å². The molecule has 18 heavy (non-hydrogen) atoms. The summed E-state index contributed by atoms with van der Waals surface area (Å²) in [4.78, 5) is 0.116. The second-order valence-corrected chi connectivity index (χ2v) is 6.39. The van der Waals surface area contributed by atoms with E-state index >= 15 is 0 Å². The van der Waals surface area contributed by atoms with E-state index in [2.05, 4.69) is 0 Å². The summed E-state index contributed by atoms with van der Waals surface area (Å²) in [6.07, 6.45) is 1.73. The minimum atomic E-state index is -3.52. The minimum Gasteiger partial charge on any atom is -0.207 e. The van der Waals surface area contributed by atoms with E-state index in [-0.39, 0.29) is 15.5 Å². The summed E-state index contributed by atoms with van der Waals surface area (Å²) in [5.74, 6) is 0. The van der Waals surface area contributed by atoms with Gasteiger partial charge in [0.05, 0.1) is 15.5 Å². The van der Waals surface area contributed by atoms with E-state index in [1.54, 1.807) is 0 Å². The van der Waals surface area contributed by atoms with Crippen LogP contribution in [0.2, 0.25) is 5.02 Å². The molecule has 1 rings (SSSR count). The normalized spacial score (nSPS) is 11.5. The average molecular weight is 287 g/mol. The zero-order chi connectivity index (χ0) is 13.8. The Morgan fingerprint density at radius 1 is 1.44 bits per heavy atom. The van der Waals surface area contributed by atoms with Gasteiger partial charge in [-0.25, -0.2) is 12.7 Å². The molecule has 1 aromatic carbocycles. The van der Waals surface area contributed by atoms with Crippen LogP contribution in [0.25, 0.3) is 0 Å². The molecule has 0 atom stereocenters. The van der Waals surface area contributed by atoms with Crippen LogP contribution in [0, 0.1) is 11.3 Å². The quantitative estimate of drug-likeness (QED) is 0.836. The highest BCUT2D eigenvalue weighted by Gasteiger charge is 2.21. The van der Waals surface area contributed by atoms with Crippen molar-refractivity contribution < 1.29 is 8.42 Å². The molecule has 6 heteroatoms. The second kappa shape index (κ2) is 6.19. The molecule has 0 unspecified atom stereocenters. The topological polar surface area (TPSA) is 61.2 Å². The van der Waals surface area contributed by atoms with Crippen molar-refractivity contribution in [2.45, 2.75) is 24.7 Å². The second-order valence-electron chi connectivity index (χ2n) is 3.93. The Morgan fingerprint density at radius 3 is 2.61 bits per heavy atom. The number of rotatable bonds is 5. The lowest BCUT2D eigenvalue weighted by atomic mass is 10.2. The van der Waals surface area contributed by atoms with Crippen LogP contribution in [-0.2, 0) is 10.0 Å². The lowest BCUT2D eigenvalue weighted by molar-refractivity contribution is 0.459. The van der Waals surface area contributed by atoms with Gasteiger partial charge in [0.1, 0.15) is 6.07 Å². The Kier molecular flexibility index (Phi) is 5.15. The SMILES string of the molecule is CCCCN(C)S(=O)(=O)c1ccc(C#N)c(Cl)c1. The van der Waals surface area contributed by atoms with E-state index < -0.39 is 10.0 Å². The first kappa shape index (κ1) is 15.0. The Hall–Kier alpha value is -1.09. The molecule has 1 aromatic rings. The molecule has 0 saturated carbocycles. The van der Waals surface area contributed by atoms with Gasteiger partial charge in [-0.15, -0.1) is 0 Å². The summed E-state index contributed by atoms with van der Waals surface area (Å²) in [5.41, 5.74) is 0.270. The van der Waals surface area contributed by atoms with Crippen LogP contribution in [0.1, 0.15) is 25.3 Å². The van der Waals surface area contributed by atoms with Gasteiger partial charge in [-0.2, -0.15) is 5.26 Å². The lowest BCUT2D eigenvalue weighted by Gasteiger charge is -2.17. The highest BCUT2D eigenvalue weighted by molar-refractivity contribution is 7.89. The van der Waals surface area contributed by atoms with Gasteiger partial charge >= 0.3 is 0 Å². The van der Waals surface area contributed by atoms with Gasteiger partial charge in [-0.05, 0) is 24.6 Å². The molecular formula is C12H15ClN2O2S. The number of halogens is 1. The molecule has 0 N–H and O–H groups in total. The average Bonchev–Trinajstić information content (AvgIpc) is 2.35. The predicted molar refractivity (Wildman–Crippen MR) is 70.9 cm³/mol. The van der Waals surface area contributed by atoms with Crippen molar-refractivity contribution in [3.05, 3.63) is 28.8 Å². The van der Waals surface area contributed by atoms with Crippen LogP contribution in [0.5, 0.6) is 0 Å². The van der Waals surface area contributed by atoms with E-state index in [0.717, 1.165) is 12.8 Å². The van der Waals surface area contributed by atoms with Crippen LogP contribution >= 0.6 is 11.6 Å². The molecule has 98 valence electrons. The van der Waals surface area contributed by atoms with Crippen LogP contribution in [0.3, 0.4) is 0 Å². The third kappa shape index (κ3) is 3.22. The molecule has 0 aliphatic rings. The number of benzene rings is 1. The number of hydrogen-bond acceptors (Lipinski definition) is 3. The predicted octanol–water partition coefficient (Wildman–Crippen LogP) is 2.63. The van der Waals surface area contributed by atoms with E-state index in [4.69, 9.17) is 16.9 Å². The first-order chi connectivity index (χ1) is 8.43. The Bertz CT molecular complexity index is 564. The molecule has 0 aromatic heterocycles. The maximum Gasteiger partial charge on any atom is 0.242 e. The summed E-state index contributed by atoms with van der Waals surface area (Å²) in [6.45, 7) is 2.47. The Morgan fingerprint density at radius 2 is 2.11 bits per heavy atom. The molecule has 0 amide bonds. The van der Waals surface area contributed by atoms with E-state index in [1.165, 1.54) is 29.6 Å². The fourth-order valence-electron chi connectivity index (χ4n) is 1.43. The number of hydrogen-bond donors (Lipinski definition) is 0. The van der Waals surface area contributed by atoms with Gasteiger partial charge in [-0.1, -0.05) is 24.9 Å². The zero-order valence-electron chi connectivity index (χ0n) is 10.4. The lowest BCUT2D eigenvalue weighted by Crippen LogP contribution is -2.27. The van der Waals surface area contributed by atoms with Crippen LogP contribution in [-0.4, -0.2) is 26.3 Å². The molecule has 4 nitrogen and oxygen atoms in total. The van der Waals surface area contributed by atoms with Crippen molar-refractivity contribution in [2.24, 2.45) is 0 Å². The van der Waals surface area contributed by atoms with Crippen molar-refractivity contribution in [2.75, 3.05) is 13.6 Å². The van der Waals surface area contributed by atoms with Crippen molar-refractivity contribution in [3.8, 4) is 6.07 Å². The van der Waals surface area contributed by atoms with E-state index in [9.17, 15) is 8.42 Å². The maximum absolute atomic E-state index is 12.2. The molecular weight excluding hydrogens is 272 g/mol. The third-order valence-electron chi connectivity index (χ3n) is 2.60.